The van der Waals surface area contributed by atoms with Gasteiger partial charge in [0, 0.05) is 37.6 Å². The number of nitrogens with zero attached hydrogens (tertiary/aromatic N) is 2. The predicted molar refractivity (Wildman–Crippen MR) is 102 cm³/mol. The number of aryl methyl sites for hydroxylation is 1. The van der Waals surface area contributed by atoms with Gasteiger partial charge in [-0.1, -0.05) is 12.1 Å². The fourth-order valence-corrected chi connectivity index (χ4v) is 3.09. The number of benzene rings is 2. The standard InChI is InChI=1S/C20H23F2N3O2/c1-14-13-15(25-11-9-24(2)10-12-25)7-8-17(14)23-19(26)16-5-3-4-6-18(16)27-20(21)22/h3-8,13,20H,9-12H2,1-2H3,(H,23,26). The minimum Gasteiger partial charge on any atom is -0.434 e. The molecule has 0 spiro atoms. The van der Waals surface area contributed by atoms with Gasteiger partial charge in [0.15, 0.2) is 0 Å². The number of halogens is 2. The van der Waals surface area contributed by atoms with E-state index >= 15 is 0 Å². The van der Waals surface area contributed by atoms with Gasteiger partial charge in [-0.25, -0.2) is 0 Å². The first-order valence-corrected chi connectivity index (χ1v) is 8.83. The summed E-state index contributed by atoms with van der Waals surface area (Å²) >= 11 is 0. The van der Waals surface area contributed by atoms with Crippen LogP contribution in [0.4, 0.5) is 20.2 Å². The Kier molecular flexibility index (Phi) is 5.91. The van der Waals surface area contributed by atoms with Gasteiger partial charge in [-0.2, -0.15) is 8.78 Å². The summed E-state index contributed by atoms with van der Waals surface area (Å²) in [5.41, 5.74) is 2.73. The summed E-state index contributed by atoms with van der Waals surface area (Å²) < 4.78 is 29.5. The molecule has 1 amide bonds. The van der Waals surface area contributed by atoms with Gasteiger partial charge in [-0.15, -0.1) is 0 Å². The molecule has 0 radical (unpaired) electrons. The van der Waals surface area contributed by atoms with Crippen LogP contribution in [0.3, 0.4) is 0 Å². The fraction of sp³-hybridized carbons (Fsp3) is 0.350. The summed E-state index contributed by atoms with van der Waals surface area (Å²) in [6.07, 6.45) is 0. The quantitative estimate of drug-likeness (QED) is 0.867. The molecule has 0 atom stereocenters. The summed E-state index contributed by atoms with van der Waals surface area (Å²) in [4.78, 5) is 17.1. The second kappa shape index (κ2) is 8.35. The van der Waals surface area contributed by atoms with Crippen molar-refractivity contribution >= 4 is 17.3 Å². The molecule has 0 unspecified atom stereocenters. The molecule has 5 nitrogen and oxygen atoms in total. The minimum atomic E-state index is -2.98. The highest BCUT2D eigenvalue weighted by atomic mass is 19.3. The number of likely N-dealkylation sites (N-methyl/N-ethyl adjacent to an activating group) is 1. The van der Waals surface area contributed by atoms with E-state index in [1.54, 1.807) is 12.1 Å². The Morgan fingerprint density at radius 2 is 1.81 bits per heavy atom. The van der Waals surface area contributed by atoms with E-state index in [0.717, 1.165) is 37.4 Å². The number of ether oxygens (including phenoxy) is 1. The summed E-state index contributed by atoms with van der Waals surface area (Å²) in [5, 5.41) is 2.79. The number of hydrogen-bond donors (Lipinski definition) is 1. The molecule has 2 aromatic rings. The maximum absolute atomic E-state index is 12.5. The Balaban J connectivity index is 1.73. The Hall–Kier alpha value is -2.67. The molecular weight excluding hydrogens is 352 g/mol. The molecule has 144 valence electrons. The van der Waals surface area contributed by atoms with Crippen molar-refractivity contribution in [3.63, 3.8) is 0 Å². The first-order chi connectivity index (χ1) is 12.9. The summed E-state index contributed by atoms with van der Waals surface area (Å²) in [7, 11) is 2.11. The zero-order chi connectivity index (χ0) is 19.4. The number of hydrogen-bond acceptors (Lipinski definition) is 4. The molecule has 0 bridgehead atoms. The van der Waals surface area contributed by atoms with Crippen LogP contribution in [-0.2, 0) is 0 Å². The number of alkyl halides is 2. The third-order valence-electron chi connectivity index (χ3n) is 4.67. The molecule has 1 heterocycles. The van der Waals surface area contributed by atoms with E-state index in [4.69, 9.17) is 0 Å². The van der Waals surface area contributed by atoms with E-state index in [1.165, 1.54) is 12.1 Å². The molecule has 2 aromatic carbocycles. The van der Waals surface area contributed by atoms with Crippen LogP contribution in [0.25, 0.3) is 0 Å². The van der Waals surface area contributed by atoms with Gasteiger partial charge in [-0.3, -0.25) is 4.79 Å². The first kappa shape index (κ1) is 19.1. The Bertz CT molecular complexity index is 806. The summed E-state index contributed by atoms with van der Waals surface area (Å²) in [5.74, 6) is -0.626. The smallest absolute Gasteiger partial charge is 0.387 e. The largest absolute Gasteiger partial charge is 0.434 e. The van der Waals surface area contributed by atoms with E-state index in [9.17, 15) is 13.6 Å². The van der Waals surface area contributed by atoms with Crippen molar-refractivity contribution in [2.75, 3.05) is 43.4 Å². The van der Waals surface area contributed by atoms with Crippen LogP contribution in [0.1, 0.15) is 15.9 Å². The lowest BCUT2D eigenvalue weighted by molar-refractivity contribution is -0.0501. The van der Waals surface area contributed by atoms with Gasteiger partial charge in [0.2, 0.25) is 0 Å². The molecule has 0 saturated carbocycles. The van der Waals surface area contributed by atoms with Crippen molar-refractivity contribution in [1.29, 1.82) is 0 Å². The molecule has 1 saturated heterocycles. The number of nitrogens with one attached hydrogen (secondary N) is 1. The second-order valence-corrected chi connectivity index (χ2v) is 6.62. The van der Waals surface area contributed by atoms with Crippen LogP contribution < -0.4 is 15.0 Å². The van der Waals surface area contributed by atoms with Crippen LogP contribution in [0.5, 0.6) is 5.75 Å². The predicted octanol–water partition coefficient (Wildman–Crippen LogP) is 3.60. The SMILES string of the molecule is Cc1cc(N2CCN(C)CC2)ccc1NC(=O)c1ccccc1OC(F)F. The molecule has 3 rings (SSSR count). The number of anilines is 2. The number of amides is 1. The van der Waals surface area contributed by atoms with Crippen LogP contribution in [0, 0.1) is 6.92 Å². The Morgan fingerprint density at radius 3 is 2.48 bits per heavy atom. The molecule has 27 heavy (non-hydrogen) atoms. The van der Waals surface area contributed by atoms with Crippen molar-refractivity contribution in [3.8, 4) is 5.75 Å². The van der Waals surface area contributed by atoms with Gasteiger partial charge in [0.1, 0.15) is 5.75 Å². The maximum Gasteiger partial charge on any atom is 0.387 e. The molecule has 7 heteroatoms. The molecular formula is C20H23F2N3O2. The normalized spacial score (nSPS) is 15.1. The topological polar surface area (TPSA) is 44.8 Å². The highest BCUT2D eigenvalue weighted by Gasteiger charge is 2.18. The van der Waals surface area contributed by atoms with E-state index in [0.29, 0.717) is 5.69 Å². The molecule has 1 fully saturated rings. The van der Waals surface area contributed by atoms with Crippen molar-refractivity contribution in [1.82, 2.24) is 4.90 Å². The number of carbonyl (C=O) groups is 1. The zero-order valence-electron chi connectivity index (χ0n) is 15.4. The molecule has 1 N–H and O–H groups in total. The van der Waals surface area contributed by atoms with E-state index < -0.39 is 12.5 Å². The highest BCUT2D eigenvalue weighted by molar-refractivity contribution is 6.06. The van der Waals surface area contributed by atoms with Gasteiger partial charge in [-0.05, 0) is 49.9 Å². The van der Waals surface area contributed by atoms with Gasteiger partial charge < -0.3 is 19.9 Å². The van der Waals surface area contributed by atoms with Crippen molar-refractivity contribution < 1.29 is 18.3 Å². The number of para-hydroxylation sites is 1. The zero-order valence-corrected chi connectivity index (χ0v) is 15.4. The lowest BCUT2D eigenvalue weighted by atomic mass is 10.1. The van der Waals surface area contributed by atoms with Crippen LogP contribution in [0.15, 0.2) is 42.5 Å². The van der Waals surface area contributed by atoms with E-state index in [2.05, 4.69) is 26.9 Å². The van der Waals surface area contributed by atoms with Crippen molar-refractivity contribution in [3.05, 3.63) is 53.6 Å². The number of carbonyl (C=O) groups excluding carboxylic acids is 1. The lowest BCUT2D eigenvalue weighted by Crippen LogP contribution is -2.44. The van der Waals surface area contributed by atoms with Gasteiger partial charge in [0.25, 0.3) is 5.91 Å². The van der Waals surface area contributed by atoms with Crippen LogP contribution in [0.2, 0.25) is 0 Å². The minimum absolute atomic E-state index is 0.0698. The monoisotopic (exact) mass is 375 g/mol. The van der Waals surface area contributed by atoms with Crippen LogP contribution >= 0.6 is 0 Å². The molecule has 0 aromatic heterocycles. The second-order valence-electron chi connectivity index (χ2n) is 6.62. The first-order valence-electron chi connectivity index (χ1n) is 8.83. The third-order valence-corrected chi connectivity index (χ3v) is 4.67. The highest BCUT2D eigenvalue weighted by Crippen LogP contribution is 2.26. The number of piperazine rings is 1. The summed E-state index contributed by atoms with van der Waals surface area (Å²) in [6, 6.07) is 11.8. The number of rotatable bonds is 5. The van der Waals surface area contributed by atoms with E-state index in [1.807, 2.05) is 25.1 Å². The lowest BCUT2D eigenvalue weighted by Gasteiger charge is -2.34. The Labute approximate surface area is 157 Å². The van der Waals surface area contributed by atoms with E-state index in [-0.39, 0.29) is 11.3 Å². The average molecular weight is 375 g/mol. The average Bonchev–Trinajstić information content (AvgIpc) is 2.64. The van der Waals surface area contributed by atoms with Gasteiger partial charge >= 0.3 is 6.61 Å². The molecule has 1 aliphatic heterocycles. The third kappa shape index (κ3) is 4.74. The van der Waals surface area contributed by atoms with Gasteiger partial charge in [0.05, 0.1) is 5.56 Å². The summed E-state index contributed by atoms with van der Waals surface area (Å²) in [6.45, 7) is 2.87. The van der Waals surface area contributed by atoms with Crippen molar-refractivity contribution in [2.24, 2.45) is 0 Å². The fourth-order valence-electron chi connectivity index (χ4n) is 3.09. The van der Waals surface area contributed by atoms with Crippen molar-refractivity contribution in [2.45, 2.75) is 13.5 Å². The maximum atomic E-state index is 12.5. The molecule has 1 aliphatic rings. The Morgan fingerprint density at radius 1 is 1.11 bits per heavy atom. The molecule has 0 aliphatic carbocycles. The van der Waals surface area contributed by atoms with Crippen LogP contribution in [-0.4, -0.2) is 50.6 Å².